The summed E-state index contributed by atoms with van der Waals surface area (Å²) in [6.07, 6.45) is 1.57. The fourth-order valence-electron chi connectivity index (χ4n) is 2.46. The minimum absolute atomic E-state index is 0.0320. The molecule has 0 aliphatic rings. The van der Waals surface area contributed by atoms with E-state index in [0.29, 0.717) is 0 Å². The van der Waals surface area contributed by atoms with Crippen LogP contribution in [-0.2, 0) is 16.4 Å². The summed E-state index contributed by atoms with van der Waals surface area (Å²) >= 11 is 9.52. The summed E-state index contributed by atoms with van der Waals surface area (Å²) in [5.74, 6) is -0.390. The lowest BCUT2D eigenvalue weighted by Gasteiger charge is -2.16. The maximum absolute atomic E-state index is 12.6. The van der Waals surface area contributed by atoms with Crippen LogP contribution in [0.1, 0.15) is 29.3 Å². The zero-order chi connectivity index (χ0) is 20.2. The van der Waals surface area contributed by atoms with E-state index in [-0.39, 0.29) is 27.4 Å². The van der Waals surface area contributed by atoms with Crippen LogP contribution in [0.3, 0.4) is 0 Å². The monoisotopic (exact) mass is 472 g/mol. The molecule has 0 radical (unpaired) electrons. The van der Waals surface area contributed by atoms with Crippen molar-refractivity contribution in [2.75, 3.05) is 14.1 Å². The van der Waals surface area contributed by atoms with Crippen LogP contribution < -0.4 is 5.32 Å². The van der Waals surface area contributed by atoms with Gasteiger partial charge in [0.1, 0.15) is 0 Å². The summed E-state index contributed by atoms with van der Waals surface area (Å²) in [4.78, 5) is 12.6. The van der Waals surface area contributed by atoms with Gasteiger partial charge in [0.15, 0.2) is 0 Å². The highest BCUT2D eigenvalue weighted by molar-refractivity contribution is 9.10. The van der Waals surface area contributed by atoms with E-state index in [1.807, 2.05) is 31.2 Å². The number of benzene rings is 2. The molecule has 2 aromatic carbocycles. The molecule has 1 amide bonds. The van der Waals surface area contributed by atoms with E-state index in [1.54, 1.807) is 0 Å². The Morgan fingerprint density at radius 1 is 1.19 bits per heavy atom. The summed E-state index contributed by atoms with van der Waals surface area (Å²) in [5.41, 5.74) is 1.33. The highest BCUT2D eigenvalue weighted by Crippen LogP contribution is 2.22. The number of hydrogen-bond acceptors (Lipinski definition) is 3. The third kappa shape index (κ3) is 5.78. The summed E-state index contributed by atoms with van der Waals surface area (Å²) in [6.45, 7) is 1.91. The van der Waals surface area contributed by atoms with Crippen LogP contribution in [0, 0.1) is 0 Å². The van der Waals surface area contributed by atoms with Crippen LogP contribution in [0.2, 0.25) is 5.02 Å². The smallest absolute Gasteiger partial charge is 0.253 e. The van der Waals surface area contributed by atoms with Crippen molar-refractivity contribution < 1.29 is 13.2 Å². The second kappa shape index (κ2) is 9.19. The van der Waals surface area contributed by atoms with Crippen LogP contribution in [0.4, 0.5) is 0 Å². The van der Waals surface area contributed by atoms with Crippen LogP contribution in [0.25, 0.3) is 0 Å². The molecule has 0 aromatic heterocycles. The van der Waals surface area contributed by atoms with E-state index in [4.69, 9.17) is 11.6 Å². The maximum atomic E-state index is 12.6. The minimum Gasteiger partial charge on any atom is -0.350 e. The number of amides is 1. The molecule has 27 heavy (non-hydrogen) atoms. The van der Waals surface area contributed by atoms with Crippen LogP contribution >= 0.6 is 27.5 Å². The number of aryl methyl sites for hydroxylation is 1. The largest absolute Gasteiger partial charge is 0.350 e. The highest BCUT2D eigenvalue weighted by Gasteiger charge is 2.21. The number of nitrogens with one attached hydrogen (secondary N) is 1. The van der Waals surface area contributed by atoms with Gasteiger partial charge in [0, 0.05) is 24.6 Å². The molecule has 0 aliphatic heterocycles. The van der Waals surface area contributed by atoms with Crippen molar-refractivity contribution in [1.29, 1.82) is 0 Å². The number of carbonyl (C=O) groups is 1. The molecule has 2 rings (SSSR count). The zero-order valence-corrected chi connectivity index (χ0v) is 18.5. The van der Waals surface area contributed by atoms with Gasteiger partial charge >= 0.3 is 0 Å². The first-order valence-electron chi connectivity index (χ1n) is 8.38. The van der Waals surface area contributed by atoms with Crippen molar-refractivity contribution in [1.82, 2.24) is 9.62 Å². The van der Waals surface area contributed by atoms with Crippen molar-refractivity contribution >= 4 is 43.5 Å². The molecule has 0 saturated carbocycles. The maximum Gasteiger partial charge on any atom is 0.253 e. The van der Waals surface area contributed by atoms with Gasteiger partial charge < -0.3 is 5.32 Å². The van der Waals surface area contributed by atoms with Crippen molar-refractivity contribution in [3.05, 3.63) is 63.1 Å². The molecule has 1 unspecified atom stereocenters. The standard InChI is InChI=1S/C19H22BrClN2O3S/c1-13(4-5-14-6-8-15(20)9-7-14)22-19(24)17-12-16(10-11-18(17)21)27(25,26)23(2)3/h6-13H,4-5H2,1-3H3,(H,22,24). The third-order valence-corrected chi connectivity index (χ3v) is 6.79. The lowest BCUT2D eigenvalue weighted by molar-refractivity contribution is 0.0938. The highest BCUT2D eigenvalue weighted by atomic mass is 79.9. The first-order valence-corrected chi connectivity index (χ1v) is 11.0. The number of halogens is 2. The Labute approximate surface area is 173 Å². The van der Waals surface area contributed by atoms with E-state index >= 15 is 0 Å². The Balaban J connectivity index is 2.07. The average Bonchev–Trinajstić information content (AvgIpc) is 2.61. The first-order chi connectivity index (χ1) is 12.6. The molecule has 2 aromatic rings. The van der Waals surface area contributed by atoms with Gasteiger partial charge in [-0.2, -0.15) is 0 Å². The summed E-state index contributed by atoms with van der Waals surface area (Å²) in [6, 6.07) is 12.1. The zero-order valence-electron chi connectivity index (χ0n) is 15.4. The molecule has 8 heteroatoms. The Morgan fingerprint density at radius 2 is 1.81 bits per heavy atom. The first kappa shape index (κ1) is 21.9. The number of hydrogen-bond donors (Lipinski definition) is 1. The number of nitrogens with zero attached hydrogens (tertiary/aromatic N) is 1. The molecular formula is C19H22BrClN2O3S. The number of carbonyl (C=O) groups excluding carboxylic acids is 1. The predicted octanol–water partition coefficient (Wildman–Crippen LogP) is 4.10. The molecule has 1 N–H and O–H groups in total. The fraction of sp³-hybridized carbons (Fsp3) is 0.316. The van der Waals surface area contributed by atoms with Gasteiger partial charge in [-0.15, -0.1) is 0 Å². The topological polar surface area (TPSA) is 66.5 Å². The third-order valence-electron chi connectivity index (χ3n) is 4.12. The van der Waals surface area contributed by atoms with Crippen molar-refractivity contribution in [3.8, 4) is 0 Å². The Bertz CT molecular complexity index is 915. The van der Waals surface area contributed by atoms with Gasteiger partial charge in [-0.25, -0.2) is 12.7 Å². The predicted molar refractivity (Wildman–Crippen MR) is 112 cm³/mol. The minimum atomic E-state index is -3.64. The molecule has 146 valence electrons. The molecule has 5 nitrogen and oxygen atoms in total. The van der Waals surface area contributed by atoms with E-state index in [1.165, 1.54) is 37.9 Å². The lowest BCUT2D eigenvalue weighted by atomic mass is 10.1. The molecule has 0 heterocycles. The summed E-state index contributed by atoms with van der Waals surface area (Å²) in [7, 11) is -0.760. The lowest BCUT2D eigenvalue weighted by Crippen LogP contribution is -2.33. The van der Waals surface area contributed by atoms with E-state index in [2.05, 4.69) is 21.2 Å². The number of rotatable bonds is 7. The van der Waals surface area contributed by atoms with Crippen molar-refractivity contribution in [2.24, 2.45) is 0 Å². The fourth-order valence-corrected chi connectivity index (χ4v) is 3.85. The van der Waals surface area contributed by atoms with Crippen LogP contribution in [0.5, 0.6) is 0 Å². The second-order valence-electron chi connectivity index (χ2n) is 6.47. The van der Waals surface area contributed by atoms with Crippen molar-refractivity contribution in [3.63, 3.8) is 0 Å². The van der Waals surface area contributed by atoms with Gasteiger partial charge in [0.25, 0.3) is 5.91 Å². The molecule has 0 spiro atoms. The van der Waals surface area contributed by atoms with Crippen LogP contribution in [0.15, 0.2) is 51.8 Å². The Morgan fingerprint density at radius 3 is 2.41 bits per heavy atom. The SMILES string of the molecule is CC(CCc1ccc(Br)cc1)NC(=O)c1cc(S(=O)(=O)N(C)C)ccc1Cl. The average molecular weight is 474 g/mol. The Hall–Kier alpha value is -1.41. The molecule has 1 atom stereocenters. The molecule has 0 bridgehead atoms. The van der Waals surface area contributed by atoms with Gasteiger partial charge in [0.05, 0.1) is 15.5 Å². The van der Waals surface area contributed by atoms with E-state index < -0.39 is 10.0 Å². The summed E-state index contributed by atoms with van der Waals surface area (Å²) < 4.78 is 26.7. The summed E-state index contributed by atoms with van der Waals surface area (Å²) in [5, 5.41) is 3.10. The van der Waals surface area contributed by atoms with E-state index in [0.717, 1.165) is 21.6 Å². The number of sulfonamides is 1. The molecular weight excluding hydrogens is 452 g/mol. The van der Waals surface area contributed by atoms with Crippen molar-refractivity contribution in [2.45, 2.75) is 30.7 Å². The quantitative estimate of drug-likeness (QED) is 0.658. The Kier molecular flexibility index (Phi) is 7.45. The van der Waals surface area contributed by atoms with Gasteiger partial charge in [0.2, 0.25) is 10.0 Å². The molecule has 0 fully saturated rings. The van der Waals surface area contributed by atoms with Gasteiger partial charge in [-0.05, 0) is 55.7 Å². The van der Waals surface area contributed by atoms with Gasteiger partial charge in [-0.3, -0.25) is 4.79 Å². The second-order valence-corrected chi connectivity index (χ2v) is 9.94. The molecule has 0 saturated heterocycles. The molecule has 0 aliphatic carbocycles. The normalized spacial score (nSPS) is 12.8. The van der Waals surface area contributed by atoms with Gasteiger partial charge in [-0.1, -0.05) is 39.7 Å². The van der Waals surface area contributed by atoms with Crippen LogP contribution in [-0.4, -0.2) is 38.8 Å². The van der Waals surface area contributed by atoms with E-state index in [9.17, 15) is 13.2 Å².